The van der Waals surface area contributed by atoms with Crippen molar-refractivity contribution in [3.63, 3.8) is 0 Å². The molecule has 5 heteroatoms. The van der Waals surface area contributed by atoms with Crippen molar-refractivity contribution in [2.24, 2.45) is 0 Å². The number of anilines is 2. The van der Waals surface area contributed by atoms with Crippen LogP contribution in [-0.2, 0) is 0 Å². The molecule has 1 fully saturated rings. The van der Waals surface area contributed by atoms with Gasteiger partial charge in [0.05, 0.1) is 5.69 Å². The van der Waals surface area contributed by atoms with E-state index in [1.807, 2.05) is 0 Å². The molecule has 114 valence electrons. The summed E-state index contributed by atoms with van der Waals surface area (Å²) < 4.78 is 26.4. The lowest BCUT2D eigenvalue weighted by atomic mass is 9.67. The number of aromatic nitrogens is 1. The predicted octanol–water partition coefficient (Wildman–Crippen LogP) is 4.15. The van der Waals surface area contributed by atoms with E-state index in [-0.39, 0.29) is 5.56 Å². The Morgan fingerprint density at radius 1 is 1.00 bits per heavy atom. The number of hydrogen-bond acceptors (Lipinski definition) is 2. The molecule has 2 bridgehead atoms. The fraction of sp³-hybridized carbons (Fsp3) is 0.353. The molecule has 0 saturated heterocycles. The molecule has 22 heavy (non-hydrogen) atoms. The summed E-state index contributed by atoms with van der Waals surface area (Å²) >= 11 is 0. The SMILES string of the molecule is O=c1[nH]cc(Nc2ccc(F)c(F)c2)c2c1C1CCC2CC1. The molecule has 2 N–H and O–H groups in total. The third kappa shape index (κ3) is 2.03. The van der Waals surface area contributed by atoms with E-state index in [0.29, 0.717) is 17.5 Å². The molecule has 1 saturated carbocycles. The molecule has 2 aromatic rings. The van der Waals surface area contributed by atoms with Crippen molar-refractivity contribution in [2.75, 3.05) is 5.32 Å². The van der Waals surface area contributed by atoms with Crippen LogP contribution in [-0.4, -0.2) is 4.98 Å². The Hall–Kier alpha value is -2.17. The molecule has 1 heterocycles. The second kappa shape index (κ2) is 4.93. The van der Waals surface area contributed by atoms with E-state index in [1.165, 1.54) is 6.07 Å². The fourth-order valence-electron chi connectivity index (χ4n) is 3.91. The molecule has 5 rings (SSSR count). The normalized spacial score (nSPS) is 22.5. The van der Waals surface area contributed by atoms with Crippen LogP contribution in [0.4, 0.5) is 20.2 Å². The summed E-state index contributed by atoms with van der Waals surface area (Å²) in [6.45, 7) is 0. The smallest absolute Gasteiger partial charge is 0.251 e. The lowest BCUT2D eigenvalue weighted by Gasteiger charge is -2.38. The second-order valence-electron chi connectivity index (χ2n) is 6.16. The molecule has 1 aromatic carbocycles. The monoisotopic (exact) mass is 302 g/mol. The lowest BCUT2D eigenvalue weighted by molar-refractivity contribution is 0.356. The lowest BCUT2D eigenvalue weighted by Crippen LogP contribution is -2.30. The molecule has 0 radical (unpaired) electrons. The molecule has 0 spiro atoms. The minimum Gasteiger partial charge on any atom is -0.354 e. The van der Waals surface area contributed by atoms with E-state index in [2.05, 4.69) is 10.3 Å². The van der Waals surface area contributed by atoms with Crippen molar-refractivity contribution in [3.05, 3.63) is 57.5 Å². The molecule has 0 unspecified atom stereocenters. The van der Waals surface area contributed by atoms with Crippen molar-refractivity contribution >= 4 is 11.4 Å². The first-order chi connectivity index (χ1) is 10.6. The van der Waals surface area contributed by atoms with Gasteiger partial charge in [-0.05, 0) is 55.2 Å². The number of fused-ring (bicyclic) bond motifs is 2. The van der Waals surface area contributed by atoms with Crippen molar-refractivity contribution < 1.29 is 8.78 Å². The van der Waals surface area contributed by atoms with Crippen LogP contribution < -0.4 is 10.9 Å². The van der Waals surface area contributed by atoms with E-state index < -0.39 is 11.6 Å². The van der Waals surface area contributed by atoms with Crippen LogP contribution in [0, 0.1) is 11.6 Å². The zero-order chi connectivity index (χ0) is 15.3. The largest absolute Gasteiger partial charge is 0.354 e. The maximum absolute atomic E-state index is 13.4. The molecule has 0 aliphatic heterocycles. The molecule has 0 amide bonds. The van der Waals surface area contributed by atoms with Gasteiger partial charge in [0.25, 0.3) is 5.56 Å². The van der Waals surface area contributed by atoms with Gasteiger partial charge in [-0.25, -0.2) is 8.78 Å². The Morgan fingerprint density at radius 3 is 2.36 bits per heavy atom. The number of H-pyrrole nitrogens is 1. The molecule has 3 aliphatic carbocycles. The first kappa shape index (κ1) is 13.5. The average Bonchev–Trinajstić information content (AvgIpc) is 2.54. The number of hydrogen-bond donors (Lipinski definition) is 2. The van der Waals surface area contributed by atoms with Gasteiger partial charge in [-0.2, -0.15) is 0 Å². The van der Waals surface area contributed by atoms with Crippen molar-refractivity contribution in [1.82, 2.24) is 4.98 Å². The van der Waals surface area contributed by atoms with Crippen LogP contribution in [0.3, 0.4) is 0 Å². The van der Waals surface area contributed by atoms with Crippen LogP contribution >= 0.6 is 0 Å². The number of nitrogens with one attached hydrogen (secondary N) is 2. The zero-order valence-electron chi connectivity index (χ0n) is 12.0. The van der Waals surface area contributed by atoms with Crippen molar-refractivity contribution in [1.29, 1.82) is 0 Å². The third-order valence-electron chi connectivity index (χ3n) is 4.91. The topological polar surface area (TPSA) is 44.9 Å². The van der Waals surface area contributed by atoms with Gasteiger partial charge in [0.2, 0.25) is 0 Å². The molecule has 3 aliphatic rings. The second-order valence-corrected chi connectivity index (χ2v) is 6.16. The van der Waals surface area contributed by atoms with E-state index in [4.69, 9.17) is 0 Å². The van der Waals surface area contributed by atoms with E-state index in [9.17, 15) is 13.6 Å². The van der Waals surface area contributed by atoms with Crippen LogP contribution in [0.1, 0.15) is 48.6 Å². The maximum atomic E-state index is 13.4. The van der Waals surface area contributed by atoms with Gasteiger partial charge in [0.1, 0.15) is 0 Å². The standard InChI is InChI=1S/C17H16F2N2O/c18-12-6-5-11(7-13(12)19)21-14-8-20-17(22)16-10-3-1-9(2-4-10)15(14)16/h5-10,21H,1-4H2,(H,20,22). The highest BCUT2D eigenvalue weighted by Crippen LogP contribution is 2.50. The summed E-state index contributed by atoms with van der Waals surface area (Å²) in [6.07, 6.45) is 5.95. The van der Waals surface area contributed by atoms with Crippen molar-refractivity contribution in [3.8, 4) is 0 Å². The Balaban J connectivity index is 1.78. The van der Waals surface area contributed by atoms with E-state index in [1.54, 1.807) is 6.20 Å². The van der Waals surface area contributed by atoms with Crippen LogP contribution in [0.5, 0.6) is 0 Å². The van der Waals surface area contributed by atoms with Gasteiger partial charge in [-0.1, -0.05) is 0 Å². The van der Waals surface area contributed by atoms with E-state index >= 15 is 0 Å². The number of rotatable bonds is 2. The summed E-state index contributed by atoms with van der Waals surface area (Å²) in [5, 5.41) is 3.14. The van der Waals surface area contributed by atoms with Gasteiger partial charge >= 0.3 is 0 Å². The minimum atomic E-state index is -0.884. The molecular weight excluding hydrogens is 286 g/mol. The Bertz CT molecular complexity index is 792. The van der Waals surface area contributed by atoms with Crippen LogP contribution in [0.2, 0.25) is 0 Å². The first-order valence-electron chi connectivity index (χ1n) is 7.61. The van der Waals surface area contributed by atoms with Gasteiger partial charge < -0.3 is 10.3 Å². The Kier molecular flexibility index (Phi) is 3.03. The third-order valence-corrected chi connectivity index (χ3v) is 4.91. The summed E-state index contributed by atoms with van der Waals surface area (Å²) in [5.74, 6) is -1.04. The molecule has 3 nitrogen and oxygen atoms in total. The number of aromatic amines is 1. The van der Waals surface area contributed by atoms with E-state index in [0.717, 1.165) is 54.6 Å². The van der Waals surface area contributed by atoms with Gasteiger partial charge in [0, 0.05) is 23.5 Å². The maximum Gasteiger partial charge on any atom is 0.251 e. The summed E-state index contributed by atoms with van der Waals surface area (Å²) in [7, 11) is 0. The minimum absolute atomic E-state index is 0.0137. The summed E-state index contributed by atoms with van der Waals surface area (Å²) in [5.41, 5.74) is 3.22. The number of benzene rings is 1. The van der Waals surface area contributed by atoms with Gasteiger partial charge in [-0.3, -0.25) is 4.79 Å². The van der Waals surface area contributed by atoms with Crippen LogP contribution in [0.15, 0.2) is 29.2 Å². The highest BCUT2D eigenvalue weighted by molar-refractivity contribution is 5.66. The van der Waals surface area contributed by atoms with Crippen molar-refractivity contribution in [2.45, 2.75) is 37.5 Å². The predicted molar refractivity (Wildman–Crippen MR) is 80.7 cm³/mol. The van der Waals surface area contributed by atoms with Gasteiger partial charge in [-0.15, -0.1) is 0 Å². The highest BCUT2D eigenvalue weighted by Gasteiger charge is 2.36. The Morgan fingerprint density at radius 2 is 1.68 bits per heavy atom. The highest BCUT2D eigenvalue weighted by atomic mass is 19.2. The molecule has 0 atom stereocenters. The van der Waals surface area contributed by atoms with Crippen LogP contribution in [0.25, 0.3) is 0 Å². The summed E-state index contributed by atoms with van der Waals surface area (Å²) in [6, 6.07) is 3.73. The quantitative estimate of drug-likeness (QED) is 0.875. The van der Waals surface area contributed by atoms with Gasteiger partial charge in [0.15, 0.2) is 11.6 Å². The number of pyridine rings is 1. The Labute approximate surface area is 126 Å². The number of halogens is 2. The zero-order valence-corrected chi connectivity index (χ0v) is 12.0. The fourth-order valence-corrected chi connectivity index (χ4v) is 3.91. The molecule has 1 aromatic heterocycles. The first-order valence-corrected chi connectivity index (χ1v) is 7.61. The molecular formula is C17H16F2N2O. The average molecular weight is 302 g/mol. The summed E-state index contributed by atoms with van der Waals surface area (Å²) in [4.78, 5) is 14.9.